The molecule has 6 aromatic rings. The van der Waals surface area contributed by atoms with Crippen molar-refractivity contribution in [3.8, 4) is 22.4 Å². The number of carbonyl (C=O) groups is 5. The number of carbonyl (C=O) groups excluding carboxylic acids is 5. The lowest BCUT2D eigenvalue weighted by Gasteiger charge is -2.40. The summed E-state index contributed by atoms with van der Waals surface area (Å²) in [4.78, 5) is 71.0. The normalized spacial score (nSPS) is 23.0. The van der Waals surface area contributed by atoms with Gasteiger partial charge in [0.05, 0.1) is 33.5 Å². The maximum Gasteiger partial charge on any atom is 0.315 e. The van der Waals surface area contributed by atoms with Crippen molar-refractivity contribution in [2.45, 2.75) is 71.4 Å². The molecule has 0 radical (unpaired) electrons. The molecule has 5 amide bonds. The van der Waals surface area contributed by atoms with E-state index in [-0.39, 0.29) is 35.6 Å². The summed E-state index contributed by atoms with van der Waals surface area (Å²) in [6.07, 6.45) is 0.144. The number of anilines is 2. The molecule has 69 heavy (non-hydrogen) atoms. The Kier molecular flexibility index (Phi) is 9.54. The van der Waals surface area contributed by atoms with Crippen LogP contribution in [0.1, 0.15) is 106 Å². The van der Waals surface area contributed by atoms with Gasteiger partial charge < -0.3 is 19.6 Å². The number of aromatic nitrogens is 4. The summed E-state index contributed by atoms with van der Waals surface area (Å²) in [6.45, 7) is -5.75. The van der Waals surface area contributed by atoms with Crippen molar-refractivity contribution in [3.63, 3.8) is 0 Å². The number of hydrogen-bond donors (Lipinski definition) is 3. The number of rotatable bonds is 10. The average molecular weight is 947 g/mol. The first-order chi connectivity index (χ1) is 36.1. The number of fused-ring (bicyclic) bond motifs is 2. The van der Waals surface area contributed by atoms with Crippen LogP contribution in [0, 0.1) is 24.5 Å². The molecule has 4 aliphatic rings. The van der Waals surface area contributed by atoms with Gasteiger partial charge in [-0.15, -0.1) is 0 Å². The van der Waals surface area contributed by atoms with Gasteiger partial charge in [0.15, 0.2) is 17.5 Å². The third kappa shape index (κ3) is 8.73. The number of hydrogen-bond acceptors (Lipinski definition) is 12. The van der Waals surface area contributed by atoms with Crippen molar-refractivity contribution in [1.29, 1.82) is 0 Å². The van der Waals surface area contributed by atoms with E-state index in [0.717, 1.165) is 50.1 Å². The minimum absolute atomic E-state index is 0.103. The van der Waals surface area contributed by atoms with Crippen molar-refractivity contribution in [1.82, 2.24) is 40.8 Å². The quantitative estimate of drug-likeness (QED) is 0.126. The molecular weight excluding hydrogens is 887 g/mol. The predicted molar refractivity (Wildman–Crippen MR) is 252 cm³/mol. The predicted octanol–water partition coefficient (Wildman–Crippen LogP) is 6.53. The summed E-state index contributed by atoms with van der Waals surface area (Å²) in [6, 6.07) is 18.7. The van der Waals surface area contributed by atoms with E-state index in [4.69, 9.17) is 15.5 Å². The highest BCUT2D eigenvalue weighted by atomic mass is 19.2. The van der Waals surface area contributed by atoms with Crippen LogP contribution in [0.5, 0.6) is 0 Å². The van der Waals surface area contributed by atoms with E-state index >= 15 is 8.78 Å². The van der Waals surface area contributed by atoms with Crippen LogP contribution in [-0.4, -0.2) is 111 Å². The maximum absolute atomic E-state index is 16.2. The molecule has 0 saturated carbocycles. The highest BCUT2D eigenvalue weighted by Crippen LogP contribution is 2.37. The van der Waals surface area contributed by atoms with Crippen LogP contribution in [-0.2, 0) is 21.5 Å². The van der Waals surface area contributed by atoms with E-state index < -0.39 is 102 Å². The van der Waals surface area contributed by atoms with Crippen molar-refractivity contribution >= 4 is 51.8 Å². The molecule has 0 bridgehead atoms. The minimum Gasteiger partial charge on any atom is -0.372 e. The molecule has 6 heterocycles. The Balaban J connectivity index is 0.803. The number of aryl methyl sites for hydroxylation is 1. The number of amides is 5. The zero-order valence-corrected chi connectivity index (χ0v) is 38.0. The molecule has 18 heteroatoms. The Hall–Kier alpha value is -7.34. The Bertz CT molecular complexity index is 3400. The highest BCUT2D eigenvalue weighted by Gasteiger charge is 2.47. The van der Waals surface area contributed by atoms with Gasteiger partial charge in [0.1, 0.15) is 6.04 Å². The fourth-order valence-electron chi connectivity index (χ4n) is 9.02. The van der Waals surface area contributed by atoms with Crippen molar-refractivity contribution in [2.75, 3.05) is 55.4 Å². The zero-order valence-electron chi connectivity index (χ0n) is 46.0. The number of halogens is 2. The van der Waals surface area contributed by atoms with Crippen LogP contribution in [0.15, 0.2) is 71.3 Å². The number of piperidine rings is 2. The Labute approximate surface area is 407 Å². The SMILES string of the molecule is [2H]C1([2H])N(CC2CCN(c3ccc(-c4ccc5[nH]nc(-c6ccc(CNC(=O)c7nc(C(C)(C)C)no7)c(C)c6)c5c4)cc3)CC2)C([2H])([2H])C([2H])([2H])N(c2cc3c(c(F)c2F)C(=O)N(C2CCC(=O)NC2=O)C3=O)C1([2H])[2H]. The van der Waals surface area contributed by atoms with Crippen LogP contribution in [0.3, 0.4) is 0 Å². The zero-order chi connectivity index (χ0) is 55.5. The summed E-state index contributed by atoms with van der Waals surface area (Å²) in [5, 5.41) is 17.4. The second kappa shape index (κ2) is 18.0. The number of imide groups is 2. The molecule has 1 atom stereocenters. The highest BCUT2D eigenvalue weighted by molar-refractivity contribution is 6.24. The first kappa shape index (κ1) is 36.7. The number of aromatic amines is 1. The molecule has 4 aromatic carbocycles. The molecule has 4 aliphatic heterocycles. The minimum atomic E-state index is -3.65. The second-order valence-electron chi connectivity index (χ2n) is 18.6. The molecule has 3 N–H and O–H groups in total. The summed E-state index contributed by atoms with van der Waals surface area (Å²) in [5.74, 6) is -9.15. The Morgan fingerprint density at radius 2 is 1.59 bits per heavy atom. The third-order valence-corrected chi connectivity index (χ3v) is 13.0. The molecule has 2 aromatic heterocycles. The molecule has 1 unspecified atom stereocenters. The number of nitrogens with zero attached hydrogens (tertiary/aromatic N) is 7. The van der Waals surface area contributed by atoms with Gasteiger partial charge in [0.2, 0.25) is 11.8 Å². The molecule has 0 spiro atoms. The van der Waals surface area contributed by atoms with Gasteiger partial charge in [-0.25, -0.2) is 8.78 Å². The summed E-state index contributed by atoms with van der Waals surface area (Å²) in [5.41, 5.74) is 3.29. The van der Waals surface area contributed by atoms with Crippen LogP contribution < -0.4 is 20.4 Å². The van der Waals surface area contributed by atoms with Gasteiger partial charge in [-0.3, -0.25) is 44.2 Å². The van der Waals surface area contributed by atoms with Gasteiger partial charge in [0, 0.05) is 86.1 Å². The van der Waals surface area contributed by atoms with E-state index in [1.54, 1.807) is 0 Å². The number of H-pyrrole nitrogens is 1. The molecule has 3 fully saturated rings. The molecule has 0 aliphatic carbocycles. The van der Waals surface area contributed by atoms with Gasteiger partial charge in [-0.1, -0.05) is 56.3 Å². The van der Waals surface area contributed by atoms with Crippen LogP contribution in [0.4, 0.5) is 20.2 Å². The van der Waals surface area contributed by atoms with Gasteiger partial charge in [-0.05, 0) is 90.8 Å². The van der Waals surface area contributed by atoms with Gasteiger partial charge in [0.25, 0.3) is 11.8 Å². The topological polar surface area (TPSA) is 190 Å². The van der Waals surface area contributed by atoms with Gasteiger partial charge >= 0.3 is 11.8 Å². The first-order valence-electron chi connectivity index (χ1n) is 26.5. The number of piperazine rings is 1. The van der Waals surface area contributed by atoms with Crippen molar-refractivity contribution < 1.29 is 48.2 Å². The third-order valence-electron chi connectivity index (χ3n) is 13.0. The second-order valence-corrected chi connectivity index (χ2v) is 18.6. The number of benzene rings is 4. The summed E-state index contributed by atoms with van der Waals surface area (Å²) in [7, 11) is 0. The van der Waals surface area contributed by atoms with Crippen LogP contribution >= 0.6 is 0 Å². The van der Waals surface area contributed by atoms with Crippen LogP contribution in [0.2, 0.25) is 0 Å². The van der Waals surface area contributed by atoms with Crippen molar-refractivity contribution in [2.24, 2.45) is 5.92 Å². The molecule has 356 valence electrons. The van der Waals surface area contributed by atoms with Crippen molar-refractivity contribution in [3.05, 3.63) is 112 Å². The Morgan fingerprint density at radius 3 is 2.29 bits per heavy atom. The lowest BCUT2D eigenvalue weighted by molar-refractivity contribution is -0.136. The Morgan fingerprint density at radius 1 is 0.870 bits per heavy atom. The van der Waals surface area contributed by atoms with Crippen LogP contribution in [0.25, 0.3) is 33.3 Å². The fourth-order valence-corrected chi connectivity index (χ4v) is 9.02. The fraction of sp³-hybridized carbons (Fsp3) is 0.373. The smallest absolute Gasteiger partial charge is 0.315 e. The van der Waals surface area contributed by atoms with E-state index in [1.165, 1.54) is 0 Å². The largest absolute Gasteiger partial charge is 0.372 e. The van der Waals surface area contributed by atoms with E-state index in [1.807, 2.05) is 87.6 Å². The monoisotopic (exact) mass is 946 g/mol. The lowest BCUT2D eigenvalue weighted by Crippen LogP contribution is -2.54. The van der Waals surface area contributed by atoms with Gasteiger partial charge in [-0.2, -0.15) is 10.1 Å². The van der Waals surface area contributed by atoms with E-state index in [2.05, 4.69) is 36.6 Å². The van der Waals surface area contributed by atoms with E-state index in [0.29, 0.717) is 47.6 Å². The molecule has 3 saturated heterocycles. The molecule has 16 nitrogen and oxygen atoms in total. The standard InChI is InChI=1S/C51H52F2N10O6/c1-28-23-32(5-6-33(28)26-54-46(66)47-56-50(59-69-47)51(2,3)4)44-35-24-31(9-12-37(35)57-58-44)30-7-10-34(11-8-30)61-17-15-29(16-18-61)27-60-19-21-62(22-20-60)39-25-36-41(43(53)42(39)52)49(68)63(48(36)67)38-13-14-40(64)55-45(38)65/h5-12,23-25,29,38H,13-22,26-27H2,1-4H3,(H,54,66)(H,57,58)(H,55,64,65)/i19D2,20D2,21D2,22D2. The average Bonchev–Trinajstić information content (AvgIpc) is 4.19. The van der Waals surface area contributed by atoms with E-state index in [9.17, 15) is 24.0 Å². The lowest BCUT2D eigenvalue weighted by atomic mass is 9.95. The summed E-state index contributed by atoms with van der Waals surface area (Å²) >= 11 is 0. The number of nitrogens with one attached hydrogen (secondary N) is 3. The first-order valence-corrected chi connectivity index (χ1v) is 22.5. The molecular formula is C51H52F2N10O6. The summed E-state index contributed by atoms with van der Waals surface area (Å²) < 4.78 is 109. The molecule has 10 rings (SSSR count). The maximum atomic E-state index is 16.2.